The molecule has 0 radical (unpaired) electrons. The normalized spacial score (nSPS) is 20.1. The lowest BCUT2D eigenvalue weighted by Gasteiger charge is -2.38. The highest BCUT2D eigenvalue weighted by Crippen LogP contribution is 2.38. The molecule has 0 saturated carbocycles. The summed E-state index contributed by atoms with van der Waals surface area (Å²) in [4.78, 5) is 46.8. The van der Waals surface area contributed by atoms with Gasteiger partial charge in [-0.05, 0) is 31.2 Å². The summed E-state index contributed by atoms with van der Waals surface area (Å²) in [5.74, 6) is -0.908. The number of benzene rings is 1. The van der Waals surface area contributed by atoms with E-state index in [0.717, 1.165) is 0 Å². The van der Waals surface area contributed by atoms with E-state index in [4.69, 9.17) is 23.6 Å². The van der Waals surface area contributed by atoms with Crippen LogP contribution in [0.25, 0.3) is 0 Å². The molecule has 1 aromatic heterocycles. The van der Waals surface area contributed by atoms with Crippen molar-refractivity contribution in [1.82, 2.24) is 15.1 Å². The fraction of sp³-hybridized carbons (Fsp3) is 0.417. The molecule has 35 heavy (non-hydrogen) atoms. The zero-order valence-corrected chi connectivity index (χ0v) is 19.9. The van der Waals surface area contributed by atoms with Crippen LogP contribution in [-0.4, -0.2) is 80.5 Å². The molecule has 1 saturated heterocycles. The fourth-order valence-electron chi connectivity index (χ4n) is 4.19. The Kier molecular flexibility index (Phi) is 7.23. The van der Waals surface area contributed by atoms with E-state index in [1.54, 1.807) is 42.2 Å². The Bertz CT molecular complexity index is 1110. The Balaban J connectivity index is 1.60. The number of nitrogens with zero attached hydrogens (tertiary/aromatic N) is 3. The minimum atomic E-state index is -1.18. The molecule has 2 aliphatic heterocycles. The number of hydrogen-bond donors (Lipinski definition) is 1. The summed E-state index contributed by atoms with van der Waals surface area (Å²) in [6.07, 6.45) is 1.46. The number of rotatable bonds is 6. The molecule has 11 heteroatoms. The Morgan fingerprint density at radius 1 is 1.14 bits per heavy atom. The van der Waals surface area contributed by atoms with Gasteiger partial charge in [0.15, 0.2) is 11.7 Å². The van der Waals surface area contributed by atoms with E-state index in [9.17, 15) is 14.4 Å². The minimum Gasteiger partial charge on any atom is -0.497 e. The number of ether oxygens (including phenoxy) is 3. The van der Waals surface area contributed by atoms with Crippen LogP contribution in [0, 0.1) is 5.92 Å². The van der Waals surface area contributed by atoms with Crippen LogP contribution < -0.4 is 14.8 Å². The van der Waals surface area contributed by atoms with Crippen LogP contribution in [0.5, 0.6) is 11.5 Å². The van der Waals surface area contributed by atoms with Crippen molar-refractivity contribution in [3.8, 4) is 11.5 Å². The summed E-state index contributed by atoms with van der Waals surface area (Å²) in [7, 11) is 3.04. The molecule has 3 heterocycles. The highest BCUT2D eigenvalue weighted by molar-refractivity contribution is 6.08. The predicted molar refractivity (Wildman–Crippen MR) is 124 cm³/mol. The van der Waals surface area contributed by atoms with Crippen molar-refractivity contribution in [3.05, 3.63) is 47.9 Å². The zero-order valence-electron chi connectivity index (χ0n) is 19.9. The maximum absolute atomic E-state index is 13.1. The monoisotopic (exact) mass is 484 g/mol. The number of nitrogens with one attached hydrogen (secondary N) is 1. The van der Waals surface area contributed by atoms with Crippen LogP contribution in [0.4, 0.5) is 0 Å². The fourth-order valence-corrected chi connectivity index (χ4v) is 4.19. The van der Waals surface area contributed by atoms with Crippen LogP contribution in [0.15, 0.2) is 46.0 Å². The van der Waals surface area contributed by atoms with Crippen molar-refractivity contribution in [2.24, 2.45) is 10.9 Å². The minimum absolute atomic E-state index is 0.136. The van der Waals surface area contributed by atoms with Gasteiger partial charge in [0.1, 0.15) is 17.5 Å². The van der Waals surface area contributed by atoms with Crippen molar-refractivity contribution < 1.29 is 33.0 Å². The number of amides is 2. The van der Waals surface area contributed by atoms with E-state index in [1.165, 1.54) is 20.5 Å². The van der Waals surface area contributed by atoms with E-state index in [2.05, 4.69) is 5.32 Å². The molecule has 1 fully saturated rings. The van der Waals surface area contributed by atoms with Crippen molar-refractivity contribution >= 4 is 23.7 Å². The molecule has 0 bridgehead atoms. The lowest BCUT2D eigenvalue weighted by molar-refractivity contribution is -0.153. The number of carbonyl (C=O) groups is 3. The van der Waals surface area contributed by atoms with Crippen LogP contribution in [0.1, 0.15) is 29.1 Å². The molecule has 1 aromatic carbocycles. The van der Waals surface area contributed by atoms with E-state index in [-0.39, 0.29) is 18.3 Å². The largest absolute Gasteiger partial charge is 0.497 e. The first-order chi connectivity index (χ1) is 17.0. The number of esters is 1. The van der Waals surface area contributed by atoms with Crippen LogP contribution in [0.2, 0.25) is 0 Å². The highest BCUT2D eigenvalue weighted by atomic mass is 16.5. The summed E-state index contributed by atoms with van der Waals surface area (Å²) in [6.45, 7) is 3.56. The Labute approximate surface area is 202 Å². The molecule has 2 amide bonds. The highest BCUT2D eigenvalue weighted by Gasteiger charge is 2.43. The molecule has 186 valence electrons. The van der Waals surface area contributed by atoms with Crippen LogP contribution in [0.3, 0.4) is 0 Å². The number of aliphatic imine (C=N–C) groups is 1. The number of methoxy groups -OCH3 is 2. The molecule has 0 spiro atoms. The number of furan rings is 1. The molecule has 11 nitrogen and oxygen atoms in total. The second-order valence-corrected chi connectivity index (χ2v) is 7.98. The van der Waals surface area contributed by atoms with Crippen molar-refractivity contribution in [2.45, 2.75) is 13.0 Å². The van der Waals surface area contributed by atoms with Gasteiger partial charge in [0.25, 0.3) is 5.91 Å². The van der Waals surface area contributed by atoms with Gasteiger partial charge in [-0.15, -0.1) is 0 Å². The van der Waals surface area contributed by atoms with Crippen LogP contribution >= 0.6 is 0 Å². The molecular formula is C24H28N4O7. The Hall–Kier alpha value is -4.02. The van der Waals surface area contributed by atoms with Gasteiger partial charge in [0.2, 0.25) is 11.9 Å². The molecule has 2 aliphatic rings. The third-order valence-corrected chi connectivity index (χ3v) is 5.99. The van der Waals surface area contributed by atoms with Crippen molar-refractivity contribution in [2.75, 3.05) is 47.0 Å². The van der Waals surface area contributed by atoms with Gasteiger partial charge in [-0.25, -0.2) is 4.99 Å². The zero-order chi connectivity index (χ0) is 24.9. The first-order valence-corrected chi connectivity index (χ1v) is 11.3. The molecule has 1 N–H and O–H groups in total. The number of carbonyl (C=O) groups excluding carboxylic acids is 3. The summed E-state index contributed by atoms with van der Waals surface area (Å²) in [5.41, 5.74) is 0.560. The summed E-state index contributed by atoms with van der Waals surface area (Å²) in [6, 6.07) is 7.57. The Morgan fingerprint density at radius 3 is 2.54 bits per heavy atom. The van der Waals surface area contributed by atoms with Crippen molar-refractivity contribution in [3.63, 3.8) is 0 Å². The van der Waals surface area contributed by atoms with Crippen molar-refractivity contribution in [1.29, 1.82) is 0 Å². The second-order valence-electron chi connectivity index (χ2n) is 7.98. The number of hydrogen-bond acceptors (Lipinski definition) is 9. The molecule has 2 aromatic rings. The smallest absolute Gasteiger partial charge is 0.321 e. The molecule has 2 atom stereocenters. The standard InChI is InChI=1S/C24H28N4O7/c1-4-34-23(31)19-20(16-8-7-15(32-2)14-18(16)33-3)25-24(26-21(19)29)28-11-9-27(10-12-28)22(30)17-6-5-13-35-17/h5-8,13-14,19-20H,4,9-12H2,1-3H3,(H,25,26,29). The number of guanidine groups is 1. The topological polar surface area (TPSA) is 123 Å². The van der Waals surface area contributed by atoms with Gasteiger partial charge < -0.3 is 28.4 Å². The third kappa shape index (κ3) is 4.93. The average Bonchev–Trinajstić information content (AvgIpc) is 3.42. The molecule has 2 unspecified atom stereocenters. The van der Waals surface area contributed by atoms with Gasteiger partial charge in [-0.1, -0.05) is 0 Å². The molecule has 4 rings (SSSR count). The maximum Gasteiger partial charge on any atom is 0.321 e. The quantitative estimate of drug-likeness (QED) is 0.483. The predicted octanol–water partition coefficient (Wildman–Crippen LogP) is 1.46. The van der Waals surface area contributed by atoms with E-state index >= 15 is 0 Å². The van der Waals surface area contributed by atoms with Gasteiger partial charge in [-0.3, -0.25) is 19.7 Å². The summed E-state index contributed by atoms with van der Waals surface area (Å²) < 4.78 is 21.2. The van der Waals surface area contributed by atoms with E-state index in [1.807, 2.05) is 4.90 Å². The van der Waals surface area contributed by atoms with E-state index < -0.39 is 23.8 Å². The lowest BCUT2D eigenvalue weighted by Crippen LogP contribution is -2.58. The second kappa shape index (κ2) is 10.5. The van der Waals surface area contributed by atoms with E-state index in [0.29, 0.717) is 49.2 Å². The average molecular weight is 485 g/mol. The van der Waals surface area contributed by atoms with Gasteiger partial charge >= 0.3 is 5.97 Å². The van der Waals surface area contributed by atoms with Gasteiger partial charge in [0.05, 0.1) is 27.1 Å². The third-order valence-electron chi connectivity index (χ3n) is 5.99. The summed E-state index contributed by atoms with van der Waals surface area (Å²) >= 11 is 0. The Morgan fingerprint density at radius 2 is 1.91 bits per heavy atom. The van der Waals surface area contributed by atoms with Crippen LogP contribution in [-0.2, 0) is 14.3 Å². The van der Waals surface area contributed by atoms with Gasteiger partial charge in [-0.2, -0.15) is 0 Å². The lowest BCUT2D eigenvalue weighted by atomic mass is 9.90. The molecular weight excluding hydrogens is 456 g/mol. The first kappa shape index (κ1) is 24.1. The SMILES string of the molecule is CCOC(=O)C1C(=O)NC(N2CCN(C(=O)c3ccco3)CC2)=NC1c1ccc(OC)cc1OC. The maximum atomic E-state index is 13.1. The molecule has 0 aliphatic carbocycles. The number of piperazine rings is 1. The first-order valence-electron chi connectivity index (χ1n) is 11.3. The van der Waals surface area contributed by atoms with Gasteiger partial charge in [0, 0.05) is 37.8 Å². The summed E-state index contributed by atoms with van der Waals surface area (Å²) in [5, 5.41) is 2.76.